The van der Waals surface area contributed by atoms with Crippen LogP contribution in [-0.2, 0) is 14.3 Å². The topological polar surface area (TPSA) is 55.4 Å². The molecule has 0 unspecified atom stereocenters. The molecular formula is C11H19NO3. The van der Waals surface area contributed by atoms with Gasteiger partial charge in [-0.25, -0.2) is 0 Å². The van der Waals surface area contributed by atoms with Gasteiger partial charge in [0.25, 0.3) is 0 Å². The van der Waals surface area contributed by atoms with Crippen LogP contribution in [0.3, 0.4) is 0 Å². The number of nitrogens with one attached hydrogen (secondary N) is 1. The first-order valence-corrected chi connectivity index (χ1v) is 5.38. The average molecular weight is 213 g/mol. The van der Waals surface area contributed by atoms with E-state index >= 15 is 0 Å². The molecule has 0 atom stereocenters. The number of hydrogen-bond donors (Lipinski definition) is 1. The van der Waals surface area contributed by atoms with Crippen LogP contribution in [0.25, 0.3) is 0 Å². The van der Waals surface area contributed by atoms with Gasteiger partial charge in [-0.2, -0.15) is 0 Å². The molecule has 0 aromatic rings. The summed E-state index contributed by atoms with van der Waals surface area (Å²) in [5, 5.41) is 2.83. The second kappa shape index (κ2) is 4.64. The minimum atomic E-state index is -0.468. The maximum atomic E-state index is 11.3. The molecule has 0 heterocycles. The first-order chi connectivity index (χ1) is 6.87. The molecule has 15 heavy (non-hydrogen) atoms. The highest BCUT2D eigenvalue weighted by atomic mass is 16.6. The van der Waals surface area contributed by atoms with Crippen LogP contribution in [0.15, 0.2) is 0 Å². The van der Waals surface area contributed by atoms with Gasteiger partial charge in [0.1, 0.15) is 5.60 Å². The monoisotopic (exact) mass is 213 g/mol. The fourth-order valence-corrected chi connectivity index (χ4v) is 1.14. The molecular weight excluding hydrogens is 194 g/mol. The van der Waals surface area contributed by atoms with Crippen molar-refractivity contribution in [2.45, 2.75) is 58.1 Å². The molecule has 1 aliphatic rings. The summed E-state index contributed by atoms with van der Waals surface area (Å²) in [6.07, 6.45) is 2.53. The van der Waals surface area contributed by atoms with Gasteiger partial charge in [-0.3, -0.25) is 9.59 Å². The number of ether oxygens (including phenoxy) is 1. The fraction of sp³-hybridized carbons (Fsp3) is 0.818. The molecule has 86 valence electrons. The highest BCUT2D eigenvalue weighted by Gasteiger charge is 2.23. The van der Waals surface area contributed by atoms with E-state index in [2.05, 4.69) is 5.32 Å². The Kier molecular flexibility index (Phi) is 3.72. The van der Waals surface area contributed by atoms with Crippen molar-refractivity contribution in [3.05, 3.63) is 0 Å². The molecule has 0 radical (unpaired) electrons. The molecule has 0 bridgehead atoms. The van der Waals surface area contributed by atoms with Crippen molar-refractivity contribution in [2.24, 2.45) is 0 Å². The first-order valence-electron chi connectivity index (χ1n) is 5.38. The summed E-state index contributed by atoms with van der Waals surface area (Å²) in [6, 6.07) is 0.358. The summed E-state index contributed by atoms with van der Waals surface area (Å²) in [6.45, 7) is 5.44. The lowest BCUT2D eigenvalue weighted by Crippen LogP contribution is -2.28. The average Bonchev–Trinajstić information content (AvgIpc) is 2.81. The van der Waals surface area contributed by atoms with E-state index < -0.39 is 5.60 Å². The number of esters is 1. The number of carbonyl (C=O) groups is 2. The van der Waals surface area contributed by atoms with E-state index in [-0.39, 0.29) is 24.7 Å². The lowest BCUT2D eigenvalue weighted by atomic mass is 10.2. The Morgan fingerprint density at radius 3 is 2.33 bits per heavy atom. The first kappa shape index (κ1) is 12.0. The zero-order valence-electron chi connectivity index (χ0n) is 9.63. The van der Waals surface area contributed by atoms with Gasteiger partial charge in [0, 0.05) is 12.5 Å². The van der Waals surface area contributed by atoms with E-state index in [0.717, 1.165) is 12.8 Å². The molecule has 1 fully saturated rings. The van der Waals surface area contributed by atoms with E-state index in [4.69, 9.17) is 4.74 Å². The highest BCUT2D eigenvalue weighted by Crippen LogP contribution is 2.18. The Hall–Kier alpha value is -1.06. The summed E-state index contributed by atoms with van der Waals surface area (Å²) >= 11 is 0. The molecule has 0 spiro atoms. The molecule has 0 aliphatic heterocycles. The van der Waals surface area contributed by atoms with Crippen LogP contribution in [0.5, 0.6) is 0 Å². The summed E-state index contributed by atoms with van der Waals surface area (Å²) in [5.41, 5.74) is -0.468. The van der Waals surface area contributed by atoms with E-state index in [0.29, 0.717) is 6.04 Å². The number of hydrogen-bond acceptors (Lipinski definition) is 3. The van der Waals surface area contributed by atoms with E-state index in [9.17, 15) is 9.59 Å². The summed E-state index contributed by atoms with van der Waals surface area (Å²) in [4.78, 5) is 22.5. The van der Waals surface area contributed by atoms with Gasteiger partial charge in [0.2, 0.25) is 5.91 Å². The lowest BCUT2D eigenvalue weighted by molar-refractivity contribution is -0.155. The van der Waals surface area contributed by atoms with Crippen molar-refractivity contribution in [2.75, 3.05) is 0 Å². The molecule has 1 aliphatic carbocycles. The Bertz CT molecular complexity index is 251. The summed E-state index contributed by atoms with van der Waals surface area (Å²) in [7, 11) is 0. The Morgan fingerprint density at radius 1 is 1.27 bits per heavy atom. The quantitative estimate of drug-likeness (QED) is 0.718. The molecule has 0 saturated heterocycles. The van der Waals surface area contributed by atoms with Crippen LogP contribution in [0.2, 0.25) is 0 Å². The van der Waals surface area contributed by atoms with Gasteiger partial charge in [0.05, 0.1) is 6.42 Å². The van der Waals surface area contributed by atoms with Crippen LogP contribution < -0.4 is 5.32 Å². The van der Waals surface area contributed by atoms with Gasteiger partial charge in [0.15, 0.2) is 0 Å². The third-order valence-electron chi connectivity index (χ3n) is 1.92. The van der Waals surface area contributed by atoms with E-state index in [1.165, 1.54) is 0 Å². The molecule has 4 nitrogen and oxygen atoms in total. The number of amides is 1. The van der Waals surface area contributed by atoms with Crippen LogP contribution in [0, 0.1) is 0 Å². The summed E-state index contributed by atoms with van der Waals surface area (Å²) in [5.74, 6) is -0.364. The maximum absolute atomic E-state index is 11.3. The van der Waals surface area contributed by atoms with Crippen molar-refractivity contribution in [1.82, 2.24) is 5.32 Å². The molecule has 1 saturated carbocycles. The molecule has 4 heteroatoms. The van der Waals surface area contributed by atoms with Gasteiger partial charge < -0.3 is 10.1 Å². The Labute approximate surface area is 90.4 Å². The van der Waals surface area contributed by atoms with Crippen molar-refractivity contribution >= 4 is 11.9 Å². The van der Waals surface area contributed by atoms with Gasteiger partial charge >= 0.3 is 5.97 Å². The third-order valence-corrected chi connectivity index (χ3v) is 1.92. The Balaban J connectivity index is 2.12. The van der Waals surface area contributed by atoms with E-state index in [1.54, 1.807) is 0 Å². The van der Waals surface area contributed by atoms with Crippen molar-refractivity contribution < 1.29 is 14.3 Å². The van der Waals surface area contributed by atoms with Gasteiger partial charge in [-0.15, -0.1) is 0 Å². The van der Waals surface area contributed by atoms with Crippen LogP contribution in [0.4, 0.5) is 0 Å². The molecule has 1 amide bonds. The second-order valence-corrected chi connectivity index (χ2v) is 4.93. The number of carbonyl (C=O) groups excluding carboxylic acids is 2. The zero-order chi connectivity index (χ0) is 11.5. The van der Waals surface area contributed by atoms with Gasteiger partial charge in [-0.1, -0.05) is 0 Å². The predicted molar refractivity (Wildman–Crippen MR) is 56.2 cm³/mol. The molecule has 1 rings (SSSR count). The lowest BCUT2D eigenvalue weighted by Gasteiger charge is -2.19. The predicted octanol–water partition coefficient (Wildman–Crippen LogP) is 1.39. The fourth-order valence-electron chi connectivity index (χ4n) is 1.14. The number of rotatable bonds is 4. The molecule has 0 aromatic carbocycles. The van der Waals surface area contributed by atoms with Crippen LogP contribution in [-0.4, -0.2) is 23.5 Å². The maximum Gasteiger partial charge on any atom is 0.306 e. The van der Waals surface area contributed by atoms with Crippen molar-refractivity contribution in [1.29, 1.82) is 0 Å². The van der Waals surface area contributed by atoms with Crippen molar-refractivity contribution in [3.8, 4) is 0 Å². The SMILES string of the molecule is CC(C)(C)OC(=O)CCC(=O)NC1CC1. The highest BCUT2D eigenvalue weighted by molar-refractivity contribution is 5.81. The molecule has 1 N–H and O–H groups in total. The standard InChI is InChI=1S/C11H19NO3/c1-11(2,3)15-10(14)7-6-9(13)12-8-4-5-8/h8H,4-7H2,1-3H3,(H,12,13). The minimum absolute atomic E-state index is 0.0524. The Morgan fingerprint density at radius 2 is 1.87 bits per heavy atom. The third kappa shape index (κ3) is 6.10. The molecule has 0 aromatic heterocycles. The van der Waals surface area contributed by atoms with E-state index in [1.807, 2.05) is 20.8 Å². The summed E-state index contributed by atoms with van der Waals surface area (Å²) < 4.78 is 5.09. The smallest absolute Gasteiger partial charge is 0.306 e. The normalized spacial score (nSPS) is 15.9. The van der Waals surface area contributed by atoms with Crippen molar-refractivity contribution in [3.63, 3.8) is 0 Å². The largest absolute Gasteiger partial charge is 0.460 e. The van der Waals surface area contributed by atoms with Gasteiger partial charge in [-0.05, 0) is 33.6 Å². The van der Waals surface area contributed by atoms with Crippen LogP contribution >= 0.6 is 0 Å². The van der Waals surface area contributed by atoms with Crippen LogP contribution in [0.1, 0.15) is 46.5 Å². The second-order valence-electron chi connectivity index (χ2n) is 4.93. The zero-order valence-corrected chi connectivity index (χ0v) is 9.63. The minimum Gasteiger partial charge on any atom is -0.460 e.